The van der Waals surface area contributed by atoms with E-state index in [-0.39, 0.29) is 18.4 Å². The highest BCUT2D eigenvalue weighted by Crippen LogP contribution is 2.11. The molecule has 0 radical (unpaired) electrons. The van der Waals surface area contributed by atoms with Crippen molar-refractivity contribution in [3.8, 4) is 0 Å². The van der Waals surface area contributed by atoms with Crippen molar-refractivity contribution in [1.82, 2.24) is 15.6 Å². The molecular weight excluding hydrogens is 270 g/mol. The molecule has 0 aliphatic heterocycles. The summed E-state index contributed by atoms with van der Waals surface area (Å²) in [5.41, 5.74) is 3.66. The molecule has 0 unspecified atom stereocenters. The smallest absolute Gasteiger partial charge is 0.251 e. The van der Waals surface area contributed by atoms with Crippen LogP contribution < -0.4 is 21.9 Å². The van der Waals surface area contributed by atoms with Crippen molar-refractivity contribution in [2.75, 3.05) is 18.5 Å². The number of nitrogens with zero attached hydrogens (tertiary/aromatic N) is 1. The molecule has 5 N–H and O–H groups in total. The molecule has 7 heteroatoms. The number of amides is 2. The normalized spacial score (nSPS) is 10.0. The summed E-state index contributed by atoms with van der Waals surface area (Å²) in [4.78, 5) is 27.8. The molecule has 0 atom stereocenters. The second-order valence-corrected chi connectivity index (χ2v) is 4.66. The molecule has 0 saturated carbocycles. The zero-order valence-corrected chi connectivity index (χ0v) is 12.5. The molecule has 116 valence electrons. The Labute approximate surface area is 124 Å². The maximum absolute atomic E-state index is 12.1. The number of hydrogen-bond acceptors (Lipinski definition) is 5. The van der Waals surface area contributed by atoms with Gasteiger partial charge in [0.25, 0.3) is 5.91 Å². The Morgan fingerprint density at radius 2 is 1.95 bits per heavy atom. The highest BCUT2D eigenvalue weighted by atomic mass is 16.2. The number of nitrogen functional groups attached to an aromatic ring is 1. The number of aromatic nitrogens is 1. The van der Waals surface area contributed by atoms with Crippen molar-refractivity contribution in [3.05, 3.63) is 23.4 Å². The van der Waals surface area contributed by atoms with E-state index in [0.717, 1.165) is 25.0 Å². The lowest BCUT2D eigenvalue weighted by Gasteiger charge is -2.09. The fourth-order valence-electron chi connectivity index (χ4n) is 1.77. The first-order chi connectivity index (χ1) is 10.1. The third-order valence-corrected chi connectivity index (χ3v) is 2.78. The second-order valence-electron chi connectivity index (χ2n) is 4.66. The number of hydrazine groups is 1. The Morgan fingerprint density at radius 1 is 1.19 bits per heavy atom. The molecule has 0 aliphatic carbocycles. The largest absolute Gasteiger partial charge is 0.355 e. The van der Waals surface area contributed by atoms with E-state index >= 15 is 0 Å². The minimum Gasteiger partial charge on any atom is -0.355 e. The van der Waals surface area contributed by atoms with Crippen LogP contribution in [0.5, 0.6) is 0 Å². The average molecular weight is 293 g/mol. The van der Waals surface area contributed by atoms with Gasteiger partial charge in [0.05, 0.1) is 6.54 Å². The number of nitrogens with one attached hydrogen (secondary N) is 3. The first kappa shape index (κ1) is 16.9. The monoisotopic (exact) mass is 293 g/mol. The van der Waals surface area contributed by atoms with Crippen LogP contribution in [0, 0.1) is 0 Å². The lowest BCUT2D eigenvalue weighted by Crippen LogP contribution is -2.37. The van der Waals surface area contributed by atoms with Gasteiger partial charge in [-0.05, 0) is 25.0 Å². The summed E-state index contributed by atoms with van der Waals surface area (Å²) in [6, 6.07) is 3.27. The zero-order valence-electron chi connectivity index (χ0n) is 12.5. The highest BCUT2D eigenvalue weighted by Gasteiger charge is 2.11. The third-order valence-electron chi connectivity index (χ3n) is 2.78. The van der Waals surface area contributed by atoms with Crippen molar-refractivity contribution in [3.63, 3.8) is 0 Å². The lowest BCUT2D eigenvalue weighted by molar-refractivity contribution is -0.120. The maximum Gasteiger partial charge on any atom is 0.251 e. The van der Waals surface area contributed by atoms with Crippen molar-refractivity contribution in [2.45, 2.75) is 33.1 Å². The first-order valence-electron chi connectivity index (χ1n) is 7.13. The van der Waals surface area contributed by atoms with E-state index in [1.54, 1.807) is 12.1 Å². The van der Waals surface area contributed by atoms with Crippen molar-refractivity contribution >= 4 is 17.6 Å². The van der Waals surface area contributed by atoms with Crippen molar-refractivity contribution in [2.24, 2.45) is 5.84 Å². The number of aryl methyl sites for hydroxylation is 1. The van der Waals surface area contributed by atoms with Gasteiger partial charge >= 0.3 is 0 Å². The van der Waals surface area contributed by atoms with Gasteiger partial charge in [0.15, 0.2) is 0 Å². The van der Waals surface area contributed by atoms with Gasteiger partial charge in [0.1, 0.15) is 5.82 Å². The summed E-state index contributed by atoms with van der Waals surface area (Å²) in [6.07, 6.45) is 2.53. The number of rotatable bonds is 8. The Hall–Kier alpha value is -2.15. The van der Waals surface area contributed by atoms with Gasteiger partial charge in [-0.2, -0.15) is 0 Å². The van der Waals surface area contributed by atoms with Gasteiger partial charge in [-0.15, -0.1) is 0 Å². The number of nitrogens with two attached hydrogens (primary N) is 1. The lowest BCUT2D eigenvalue weighted by atomic mass is 10.1. The maximum atomic E-state index is 12.1. The van der Waals surface area contributed by atoms with Crippen LogP contribution in [-0.2, 0) is 11.2 Å². The molecule has 2 amide bonds. The van der Waals surface area contributed by atoms with Gasteiger partial charge in [-0.3, -0.25) is 9.59 Å². The third kappa shape index (κ3) is 5.78. The first-order valence-corrected chi connectivity index (χ1v) is 7.13. The molecule has 0 aliphatic rings. The second kappa shape index (κ2) is 8.91. The van der Waals surface area contributed by atoms with E-state index in [1.165, 1.54) is 0 Å². The SMILES string of the molecule is CCCNC(=O)CNC(=O)c1cc(CCC)nc(NN)c1. The number of carbonyl (C=O) groups excluding carboxylic acids is 2. The van der Waals surface area contributed by atoms with Gasteiger partial charge in [0.2, 0.25) is 5.91 Å². The number of anilines is 1. The zero-order chi connectivity index (χ0) is 15.7. The van der Waals surface area contributed by atoms with Crippen molar-refractivity contribution in [1.29, 1.82) is 0 Å². The van der Waals surface area contributed by atoms with E-state index in [0.29, 0.717) is 17.9 Å². The summed E-state index contributed by atoms with van der Waals surface area (Å²) in [5, 5.41) is 5.28. The van der Waals surface area contributed by atoms with Crippen molar-refractivity contribution < 1.29 is 9.59 Å². The van der Waals surface area contributed by atoms with Gasteiger partial charge in [-0.1, -0.05) is 20.3 Å². The Bertz CT molecular complexity index is 490. The molecule has 1 heterocycles. The van der Waals surface area contributed by atoms with E-state index in [2.05, 4.69) is 21.0 Å². The predicted octanol–water partition coefficient (Wildman–Crippen LogP) is 0.576. The van der Waals surface area contributed by atoms with E-state index in [9.17, 15) is 9.59 Å². The molecule has 1 rings (SSSR count). The highest BCUT2D eigenvalue weighted by molar-refractivity contribution is 5.97. The Balaban J connectivity index is 2.68. The van der Waals surface area contributed by atoms with E-state index in [1.807, 2.05) is 13.8 Å². The molecule has 0 spiro atoms. The summed E-state index contributed by atoms with van der Waals surface area (Å²) in [6.45, 7) is 4.55. The molecule has 21 heavy (non-hydrogen) atoms. The molecule has 0 fully saturated rings. The summed E-state index contributed by atoms with van der Waals surface area (Å²) < 4.78 is 0. The average Bonchev–Trinajstić information content (AvgIpc) is 2.50. The number of hydrogen-bond donors (Lipinski definition) is 4. The van der Waals surface area contributed by atoms with Crippen LogP contribution in [0.3, 0.4) is 0 Å². The summed E-state index contributed by atoms with van der Waals surface area (Å²) in [7, 11) is 0. The van der Waals surface area contributed by atoms with Crippen LogP contribution in [0.1, 0.15) is 42.7 Å². The van der Waals surface area contributed by atoms with E-state index < -0.39 is 0 Å². The molecule has 1 aromatic heterocycles. The summed E-state index contributed by atoms with van der Waals surface area (Å²) >= 11 is 0. The molecule has 0 bridgehead atoms. The van der Waals surface area contributed by atoms with Crippen LogP contribution in [0.25, 0.3) is 0 Å². The number of carbonyl (C=O) groups is 2. The molecular formula is C14H23N5O2. The minimum atomic E-state index is -0.321. The van der Waals surface area contributed by atoms with Crippen LogP contribution in [0.15, 0.2) is 12.1 Å². The Morgan fingerprint density at radius 3 is 2.57 bits per heavy atom. The predicted molar refractivity (Wildman–Crippen MR) is 81.7 cm³/mol. The molecule has 0 saturated heterocycles. The Kier molecular flexibility index (Phi) is 7.17. The topological polar surface area (TPSA) is 109 Å². The standard InChI is InChI=1S/C14H23N5O2/c1-3-5-11-7-10(8-12(18-11)19-15)14(21)17-9-13(20)16-6-4-2/h7-8H,3-6,9,15H2,1-2H3,(H,16,20)(H,17,21)(H,18,19). The van der Waals surface area contributed by atoms with Crippen LogP contribution in [0.4, 0.5) is 5.82 Å². The van der Waals surface area contributed by atoms with Crippen LogP contribution in [0.2, 0.25) is 0 Å². The quantitative estimate of drug-likeness (QED) is 0.414. The van der Waals surface area contributed by atoms with Crippen LogP contribution >= 0.6 is 0 Å². The molecule has 1 aromatic rings. The number of pyridine rings is 1. The van der Waals surface area contributed by atoms with Gasteiger partial charge in [0, 0.05) is 17.8 Å². The van der Waals surface area contributed by atoms with Crippen LogP contribution in [-0.4, -0.2) is 29.9 Å². The fraction of sp³-hybridized carbons (Fsp3) is 0.500. The molecule has 0 aromatic carbocycles. The van der Waals surface area contributed by atoms with Gasteiger partial charge < -0.3 is 16.1 Å². The van der Waals surface area contributed by atoms with Gasteiger partial charge in [-0.25, -0.2) is 10.8 Å². The summed E-state index contributed by atoms with van der Waals surface area (Å²) in [5.74, 6) is 5.26. The molecule has 7 nitrogen and oxygen atoms in total. The minimum absolute atomic E-state index is 0.0460. The van der Waals surface area contributed by atoms with E-state index in [4.69, 9.17) is 5.84 Å². The fourth-order valence-corrected chi connectivity index (χ4v) is 1.77.